The highest BCUT2D eigenvalue weighted by Gasteiger charge is 2.42. The van der Waals surface area contributed by atoms with Crippen molar-refractivity contribution in [2.75, 3.05) is 0 Å². The molecule has 4 nitrogen and oxygen atoms in total. The van der Waals surface area contributed by atoms with Crippen molar-refractivity contribution >= 4 is 5.91 Å². The first-order chi connectivity index (χ1) is 9.15. The van der Waals surface area contributed by atoms with E-state index < -0.39 is 0 Å². The van der Waals surface area contributed by atoms with E-state index in [9.17, 15) is 4.79 Å². The summed E-state index contributed by atoms with van der Waals surface area (Å²) in [7, 11) is 0. The molecule has 2 fully saturated rings. The van der Waals surface area contributed by atoms with Crippen molar-refractivity contribution in [1.82, 2.24) is 15.1 Å². The zero-order valence-corrected chi connectivity index (χ0v) is 11.7. The summed E-state index contributed by atoms with van der Waals surface area (Å²) in [5.74, 6) is 2.55. The highest BCUT2D eigenvalue weighted by atomic mass is 16.2. The first kappa shape index (κ1) is 12.7. The summed E-state index contributed by atoms with van der Waals surface area (Å²) in [6.07, 6.45) is 9.02. The molecule has 1 aromatic rings. The first-order valence-electron chi connectivity index (χ1n) is 7.44. The fourth-order valence-corrected chi connectivity index (χ4v) is 3.99. The van der Waals surface area contributed by atoms with E-state index in [-0.39, 0.29) is 11.9 Å². The van der Waals surface area contributed by atoms with Gasteiger partial charge in [-0.3, -0.25) is 9.48 Å². The molecule has 0 aromatic carbocycles. The van der Waals surface area contributed by atoms with E-state index in [4.69, 9.17) is 0 Å². The molecule has 19 heavy (non-hydrogen) atoms. The standard InChI is InChI=1S/C15H23N3O/c1-10(14-9-12-4-5-13(14)8-12)17-15(19)11(2)18-7-3-6-16-18/h3,6-7,10-14H,4-5,8-9H2,1-2H3,(H,17,19). The van der Waals surface area contributed by atoms with E-state index in [1.165, 1.54) is 25.7 Å². The monoisotopic (exact) mass is 261 g/mol. The SMILES string of the molecule is CC(NC(=O)C(C)n1cccn1)C1CC2CCC1C2. The van der Waals surface area contributed by atoms with Gasteiger partial charge < -0.3 is 5.32 Å². The average Bonchev–Trinajstić information content (AvgIpc) is 3.13. The topological polar surface area (TPSA) is 46.9 Å². The number of carbonyl (C=O) groups excluding carboxylic acids is 1. The Morgan fingerprint density at radius 2 is 2.21 bits per heavy atom. The maximum atomic E-state index is 12.2. The summed E-state index contributed by atoms with van der Waals surface area (Å²) in [5, 5.41) is 7.33. The van der Waals surface area contributed by atoms with Gasteiger partial charge in [0, 0.05) is 18.4 Å². The molecule has 1 amide bonds. The van der Waals surface area contributed by atoms with Crippen LogP contribution in [0.1, 0.15) is 45.6 Å². The number of nitrogens with zero attached hydrogens (tertiary/aromatic N) is 2. The van der Waals surface area contributed by atoms with E-state index in [0.29, 0.717) is 12.0 Å². The average molecular weight is 261 g/mol. The molecule has 2 bridgehead atoms. The van der Waals surface area contributed by atoms with Crippen LogP contribution in [0.15, 0.2) is 18.5 Å². The highest BCUT2D eigenvalue weighted by Crippen LogP contribution is 2.49. The largest absolute Gasteiger partial charge is 0.352 e. The van der Waals surface area contributed by atoms with Gasteiger partial charge >= 0.3 is 0 Å². The summed E-state index contributed by atoms with van der Waals surface area (Å²) in [4.78, 5) is 12.2. The molecule has 0 aliphatic heterocycles. The Hall–Kier alpha value is -1.32. The number of rotatable bonds is 4. The smallest absolute Gasteiger partial charge is 0.244 e. The van der Waals surface area contributed by atoms with Crippen LogP contribution in [-0.4, -0.2) is 21.7 Å². The quantitative estimate of drug-likeness (QED) is 0.904. The molecule has 0 radical (unpaired) electrons. The third kappa shape index (κ3) is 2.40. The predicted molar refractivity (Wildman–Crippen MR) is 73.5 cm³/mol. The van der Waals surface area contributed by atoms with Gasteiger partial charge in [0.15, 0.2) is 0 Å². The lowest BCUT2D eigenvalue weighted by atomic mass is 9.84. The van der Waals surface area contributed by atoms with Crippen LogP contribution in [0.3, 0.4) is 0 Å². The van der Waals surface area contributed by atoms with Gasteiger partial charge in [-0.1, -0.05) is 6.42 Å². The fraction of sp³-hybridized carbons (Fsp3) is 0.733. The van der Waals surface area contributed by atoms with Crippen molar-refractivity contribution in [3.05, 3.63) is 18.5 Å². The minimum absolute atomic E-state index is 0.0824. The zero-order valence-electron chi connectivity index (χ0n) is 11.7. The number of nitrogens with one attached hydrogen (secondary N) is 1. The van der Waals surface area contributed by atoms with Gasteiger partial charge in [0.05, 0.1) is 0 Å². The molecule has 1 aromatic heterocycles. The molecule has 2 aliphatic rings. The Morgan fingerprint density at radius 3 is 2.79 bits per heavy atom. The highest BCUT2D eigenvalue weighted by molar-refractivity contribution is 5.80. The first-order valence-corrected chi connectivity index (χ1v) is 7.44. The minimum Gasteiger partial charge on any atom is -0.352 e. The molecule has 0 saturated heterocycles. The number of aromatic nitrogens is 2. The van der Waals surface area contributed by atoms with Crippen LogP contribution >= 0.6 is 0 Å². The molecule has 3 rings (SSSR count). The van der Waals surface area contributed by atoms with Crippen LogP contribution in [0.25, 0.3) is 0 Å². The maximum absolute atomic E-state index is 12.2. The molecule has 4 heteroatoms. The van der Waals surface area contributed by atoms with Crippen molar-refractivity contribution in [1.29, 1.82) is 0 Å². The lowest BCUT2D eigenvalue weighted by Crippen LogP contribution is -2.43. The summed E-state index contributed by atoms with van der Waals surface area (Å²) in [5.41, 5.74) is 0. The van der Waals surface area contributed by atoms with Gasteiger partial charge in [-0.05, 0) is 56.9 Å². The van der Waals surface area contributed by atoms with Gasteiger partial charge in [0.1, 0.15) is 6.04 Å². The third-order valence-corrected chi connectivity index (χ3v) is 5.11. The van der Waals surface area contributed by atoms with E-state index in [2.05, 4.69) is 17.3 Å². The van der Waals surface area contributed by atoms with Crippen LogP contribution in [0.5, 0.6) is 0 Å². The summed E-state index contributed by atoms with van der Waals surface area (Å²) < 4.78 is 1.71. The van der Waals surface area contributed by atoms with E-state index in [1.54, 1.807) is 10.9 Å². The molecule has 5 unspecified atom stereocenters. The van der Waals surface area contributed by atoms with Crippen molar-refractivity contribution in [3.63, 3.8) is 0 Å². The molecule has 2 aliphatic carbocycles. The van der Waals surface area contributed by atoms with E-state index in [1.807, 2.05) is 19.2 Å². The third-order valence-electron chi connectivity index (χ3n) is 5.11. The van der Waals surface area contributed by atoms with Gasteiger partial charge in [-0.15, -0.1) is 0 Å². The number of fused-ring (bicyclic) bond motifs is 2. The van der Waals surface area contributed by atoms with Crippen LogP contribution in [-0.2, 0) is 4.79 Å². The van der Waals surface area contributed by atoms with E-state index in [0.717, 1.165) is 11.8 Å². The van der Waals surface area contributed by atoms with Gasteiger partial charge in [-0.2, -0.15) is 5.10 Å². The molecule has 2 saturated carbocycles. The second-order valence-corrected chi connectivity index (χ2v) is 6.30. The normalized spacial score (nSPS) is 32.2. The van der Waals surface area contributed by atoms with Gasteiger partial charge in [-0.25, -0.2) is 0 Å². The molecular formula is C15H23N3O. The Balaban J connectivity index is 1.57. The van der Waals surface area contributed by atoms with Crippen LogP contribution in [0, 0.1) is 17.8 Å². The second kappa shape index (κ2) is 4.99. The minimum atomic E-state index is -0.226. The number of hydrogen-bond donors (Lipinski definition) is 1. The second-order valence-electron chi connectivity index (χ2n) is 6.30. The van der Waals surface area contributed by atoms with Crippen molar-refractivity contribution in [3.8, 4) is 0 Å². The Kier molecular flexibility index (Phi) is 3.33. The summed E-state index contributed by atoms with van der Waals surface area (Å²) >= 11 is 0. The van der Waals surface area contributed by atoms with Gasteiger partial charge in [0.25, 0.3) is 0 Å². The molecule has 0 spiro atoms. The van der Waals surface area contributed by atoms with Crippen LogP contribution in [0.2, 0.25) is 0 Å². The number of hydrogen-bond acceptors (Lipinski definition) is 2. The van der Waals surface area contributed by atoms with E-state index >= 15 is 0 Å². The molecule has 1 N–H and O–H groups in total. The lowest BCUT2D eigenvalue weighted by molar-refractivity contribution is -0.125. The Bertz CT molecular complexity index is 442. The molecule has 5 atom stereocenters. The van der Waals surface area contributed by atoms with Crippen molar-refractivity contribution in [2.45, 2.75) is 51.6 Å². The predicted octanol–water partition coefficient (Wildman–Crippen LogP) is 2.39. The summed E-state index contributed by atoms with van der Waals surface area (Å²) in [6, 6.07) is 1.92. The van der Waals surface area contributed by atoms with Crippen molar-refractivity contribution in [2.24, 2.45) is 17.8 Å². The lowest BCUT2D eigenvalue weighted by Gasteiger charge is -2.29. The summed E-state index contributed by atoms with van der Waals surface area (Å²) in [6.45, 7) is 4.06. The maximum Gasteiger partial charge on any atom is 0.244 e. The van der Waals surface area contributed by atoms with Crippen molar-refractivity contribution < 1.29 is 4.79 Å². The Labute approximate surface area is 114 Å². The molecular weight excluding hydrogens is 238 g/mol. The molecule has 104 valence electrons. The fourth-order valence-electron chi connectivity index (χ4n) is 3.99. The zero-order chi connectivity index (χ0) is 13.4. The van der Waals surface area contributed by atoms with Gasteiger partial charge in [0.2, 0.25) is 5.91 Å². The number of carbonyl (C=O) groups is 1. The molecule has 1 heterocycles. The number of amides is 1. The van der Waals surface area contributed by atoms with Crippen LogP contribution in [0.4, 0.5) is 0 Å². The van der Waals surface area contributed by atoms with Crippen LogP contribution < -0.4 is 5.32 Å². The Morgan fingerprint density at radius 1 is 1.37 bits per heavy atom.